The first-order valence-corrected chi connectivity index (χ1v) is 16.7. The average molecular weight is 625 g/mol. The average Bonchev–Trinajstić information content (AvgIpc) is 3.06. The van der Waals surface area contributed by atoms with Crippen LogP contribution >= 0.6 is 24.4 Å². The molecule has 0 N–H and O–H groups in total. The third-order valence-corrected chi connectivity index (χ3v) is 8.70. The molecule has 2 amide bonds. The quantitative estimate of drug-likeness (QED) is 0.107. The molecule has 3 aromatic rings. The van der Waals surface area contributed by atoms with Gasteiger partial charge in [-0.3, -0.25) is 9.59 Å². The van der Waals surface area contributed by atoms with Gasteiger partial charge >= 0.3 is 0 Å². The topological polar surface area (TPSA) is 59.1 Å². The molecule has 0 heterocycles. The van der Waals surface area contributed by atoms with Crippen molar-refractivity contribution in [2.45, 2.75) is 32.4 Å². The van der Waals surface area contributed by atoms with Gasteiger partial charge in [0, 0.05) is 37.7 Å². The van der Waals surface area contributed by atoms with E-state index in [9.17, 15) is 9.59 Å². The molecule has 0 spiro atoms. The minimum Gasteiger partial charge on any atom is -0.371 e. The molecule has 0 bridgehead atoms. The van der Waals surface area contributed by atoms with Crippen LogP contribution in [0.4, 0.5) is 0 Å². The minimum atomic E-state index is -0.351. The van der Waals surface area contributed by atoms with Crippen LogP contribution in [0.25, 0.3) is 0 Å². The number of amides is 2. The highest BCUT2D eigenvalue weighted by atomic mass is 32.2. The van der Waals surface area contributed by atoms with Crippen molar-refractivity contribution in [3.63, 3.8) is 0 Å². The van der Waals surface area contributed by atoms with Gasteiger partial charge in [0.15, 0.2) is 0 Å². The lowest BCUT2D eigenvalue weighted by atomic mass is 9.84. The first kappa shape index (κ1) is 36.4. The highest BCUT2D eigenvalue weighted by Gasteiger charge is 2.36. The van der Waals surface area contributed by atoms with E-state index in [1.807, 2.05) is 39.5 Å². The molecule has 0 saturated heterocycles. The lowest BCUT2D eigenvalue weighted by Crippen LogP contribution is -2.34. The third-order valence-electron chi connectivity index (χ3n) is 7.01. The van der Waals surface area contributed by atoms with Crippen LogP contribution < -0.4 is 0 Å². The molecule has 6 nitrogen and oxygen atoms in total. The van der Waals surface area contributed by atoms with Crippen LogP contribution in [0.5, 0.6) is 0 Å². The van der Waals surface area contributed by atoms with Crippen LogP contribution in [-0.4, -0.2) is 85.7 Å². The molecule has 0 radical (unpaired) electrons. The van der Waals surface area contributed by atoms with Gasteiger partial charge in [-0.2, -0.15) is 12.6 Å². The van der Waals surface area contributed by atoms with Gasteiger partial charge in [0.25, 0.3) is 0 Å². The smallest absolute Gasteiger partial charge is 0.248 e. The molecule has 234 valence electrons. The third kappa shape index (κ3) is 11.3. The lowest BCUT2D eigenvalue weighted by Gasteiger charge is -2.35. The number of rotatable bonds is 17. The van der Waals surface area contributed by atoms with Gasteiger partial charge in [-0.25, -0.2) is 0 Å². The monoisotopic (exact) mass is 624 g/mol. The molecule has 0 aliphatic rings. The number of carbonyl (C=O) groups is 2. The van der Waals surface area contributed by atoms with Crippen molar-refractivity contribution in [1.29, 1.82) is 0 Å². The van der Waals surface area contributed by atoms with E-state index in [1.165, 1.54) is 16.7 Å². The summed E-state index contributed by atoms with van der Waals surface area (Å²) in [6, 6.07) is 31.9. The number of ether oxygens (including phenoxy) is 2. The van der Waals surface area contributed by atoms with Crippen LogP contribution in [0.2, 0.25) is 0 Å². The van der Waals surface area contributed by atoms with E-state index >= 15 is 0 Å². The van der Waals surface area contributed by atoms with Crippen molar-refractivity contribution in [2.24, 2.45) is 0 Å². The molecule has 3 aromatic carbocycles. The Kier molecular flexibility index (Phi) is 17.8. The summed E-state index contributed by atoms with van der Waals surface area (Å²) in [6.07, 6.45) is 0. The molecule has 0 saturated carbocycles. The fourth-order valence-corrected chi connectivity index (χ4v) is 6.29. The van der Waals surface area contributed by atoms with Gasteiger partial charge < -0.3 is 19.3 Å². The second kappa shape index (κ2) is 21.0. The van der Waals surface area contributed by atoms with Gasteiger partial charge in [0.2, 0.25) is 11.8 Å². The Balaban J connectivity index is 0.000000455. The van der Waals surface area contributed by atoms with Crippen molar-refractivity contribution >= 4 is 36.2 Å². The summed E-state index contributed by atoms with van der Waals surface area (Å²) in [5.74, 6) is 1.53. The molecule has 0 aromatic heterocycles. The number of hydrogen-bond donors (Lipinski definition) is 1. The number of thiol groups is 1. The Bertz CT molecular complexity index is 1060. The van der Waals surface area contributed by atoms with Crippen LogP contribution in [0.1, 0.15) is 44.4 Å². The molecule has 0 fully saturated rings. The number of hydrogen-bond acceptors (Lipinski definition) is 6. The zero-order valence-corrected chi connectivity index (χ0v) is 27.8. The number of nitrogens with zero attached hydrogens (tertiary/aromatic N) is 2. The summed E-state index contributed by atoms with van der Waals surface area (Å²) in [4.78, 5) is 27.0. The molecule has 0 aliphatic heterocycles. The highest BCUT2D eigenvalue weighted by molar-refractivity contribution is 8.00. The number of likely N-dealkylation sites (N-methyl/N-ethyl adjacent to an activating group) is 2. The molecule has 0 unspecified atom stereocenters. The Labute approximate surface area is 268 Å². The Morgan fingerprint density at radius 2 is 0.977 bits per heavy atom. The molecule has 8 heteroatoms. The van der Waals surface area contributed by atoms with Crippen molar-refractivity contribution in [3.8, 4) is 0 Å². The van der Waals surface area contributed by atoms with E-state index in [0.717, 1.165) is 18.8 Å². The zero-order chi connectivity index (χ0) is 31.3. The standard InChI is InChI=1S/C27H31NO2S.C8H17NO2S/c1-3-28(4-2)26(29)22-30-20-21-31-27(23-14-8-5-9-15-23,24-16-10-6-11-17-24)25-18-12-7-13-19-25;1-3-9(4-2)8(10)7-11-5-6-12/h5-19H,3-4,20-22H2,1-2H3;12H,3-7H2,1-2H3. The van der Waals surface area contributed by atoms with Crippen LogP contribution in [0, 0.1) is 0 Å². The molecular weight excluding hydrogens is 577 g/mol. The minimum absolute atomic E-state index is 0.0513. The van der Waals surface area contributed by atoms with Crippen LogP contribution in [0.15, 0.2) is 91.0 Å². The molecule has 43 heavy (non-hydrogen) atoms. The Hall–Kier alpha value is -2.78. The number of thioether (sulfide) groups is 1. The summed E-state index contributed by atoms with van der Waals surface area (Å²) in [5.41, 5.74) is 3.70. The maximum atomic E-state index is 12.2. The van der Waals surface area contributed by atoms with Crippen LogP contribution in [0.3, 0.4) is 0 Å². The van der Waals surface area contributed by atoms with Gasteiger partial charge in [0.1, 0.15) is 13.2 Å². The largest absolute Gasteiger partial charge is 0.371 e. The Morgan fingerprint density at radius 3 is 1.30 bits per heavy atom. The molecule has 0 aliphatic carbocycles. The second-order valence-electron chi connectivity index (χ2n) is 9.59. The summed E-state index contributed by atoms with van der Waals surface area (Å²) >= 11 is 5.82. The second-order valence-corrected chi connectivity index (χ2v) is 11.3. The van der Waals surface area contributed by atoms with E-state index in [0.29, 0.717) is 32.1 Å². The van der Waals surface area contributed by atoms with Gasteiger partial charge in [-0.05, 0) is 44.4 Å². The maximum Gasteiger partial charge on any atom is 0.248 e. The summed E-state index contributed by atoms with van der Waals surface area (Å²) in [6.45, 7) is 12.2. The predicted molar refractivity (Wildman–Crippen MR) is 183 cm³/mol. The lowest BCUT2D eigenvalue weighted by molar-refractivity contribution is -0.136. The van der Waals surface area contributed by atoms with Crippen molar-refractivity contribution in [3.05, 3.63) is 108 Å². The molecular formula is C35H48N2O4S2. The van der Waals surface area contributed by atoms with E-state index < -0.39 is 0 Å². The highest BCUT2D eigenvalue weighted by Crippen LogP contribution is 2.48. The predicted octanol–water partition coefficient (Wildman–Crippen LogP) is 6.40. The fourth-order valence-electron chi connectivity index (χ4n) is 4.74. The van der Waals surface area contributed by atoms with Crippen LogP contribution in [-0.2, 0) is 23.8 Å². The first-order valence-electron chi connectivity index (χ1n) is 15.1. The molecule has 0 atom stereocenters. The zero-order valence-electron chi connectivity index (χ0n) is 26.1. The van der Waals surface area contributed by atoms with E-state index in [4.69, 9.17) is 9.47 Å². The van der Waals surface area contributed by atoms with Gasteiger partial charge in [-0.1, -0.05) is 91.0 Å². The number of benzene rings is 3. The van der Waals surface area contributed by atoms with Crippen molar-refractivity contribution < 1.29 is 19.1 Å². The van der Waals surface area contributed by atoms with E-state index in [-0.39, 0.29) is 29.8 Å². The number of carbonyl (C=O) groups excluding carboxylic acids is 2. The normalized spacial score (nSPS) is 10.9. The van der Waals surface area contributed by atoms with Gasteiger partial charge in [-0.15, -0.1) is 11.8 Å². The first-order chi connectivity index (χ1) is 21.0. The molecule has 3 rings (SSSR count). The SMILES string of the molecule is CCN(CC)C(=O)COCCS.CCN(CC)C(=O)COCCSC(c1ccccc1)(c1ccccc1)c1ccccc1. The van der Waals surface area contributed by atoms with E-state index in [1.54, 1.807) is 9.80 Å². The van der Waals surface area contributed by atoms with Gasteiger partial charge in [0.05, 0.1) is 18.0 Å². The maximum absolute atomic E-state index is 12.2. The van der Waals surface area contributed by atoms with E-state index in [2.05, 4.69) is 104 Å². The van der Waals surface area contributed by atoms with Crippen molar-refractivity contribution in [1.82, 2.24) is 9.80 Å². The Morgan fingerprint density at radius 1 is 0.628 bits per heavy atom. The summed E-state index contributed by atoms with van der Waals surface area (Å²) in [5, 5.41) is 0. The summed E-state index contributed by atoms with van der Waals surface area (Å²) < 4.78 is 10.5. The summed E-state index contributed by atoms with van der Waals surface area (Å²) in [7, 11) is 0. The van der Waals surface area contributed by atoms with Crippen molar-refractivity contribution in [2.75, 3.05) is 64.1 Å². The fraction of sp³-hybridized carbons (Fsp3) is 0.429.